The van der Waals surface area contributed by atoms with E-state index in [0.29, 0.717) is 12.0 Å². The monoisotopic (exact) mass is 300 g/mol. The van der Waals surface area contributed by atoms with Crippen LogP contribution in [0.4, 0.5) is 4.79 Å². The second kappa shape index (κ2) is 5.63. The summed E-state index contributed by atoms with van der Waals surface area (Å²) in [6, 6.07) is 8.76. The van der Waals surface area contributed by atoms with Crippen molar-refractivity contribution in [3.8, 4) is 0 Å². The molecule has 1 saturated heterocycles. The second-order valence-electron chi connectivity index (χ2n) is 6.65. The van der Waals surface area contributed by atoms with Gasteiger partial charge >= 0.3 is 6.03 Å². The van der Waals surface area contributed by atoms with Gasteiger partial charge in [-0.1, -0.05) is 26.0 Å². The lowest BCUT2D eigenvalue weighted by Crippen LogP contribution is -2.55. The number of aromatic nitrogens is 2. The molecule has 0 aliphatic carbocycles. The number of rotatable bonds is 3. The van der Waals surface area contributed by atoms with Gasteiger partial charge in [0.25, 0.3) is 0 Å². The number of carbonyl (C=O) groups excluding carboxylic acids is 1. The fraction of sp³-hybridized carbons (Fsp3) is 0.529. The van der Waals surface area contributed by atoms with Gasteiger partial charge in [-0.25, -0.2) is 9.78 Å². The van der Waals surface area contributed by atoms with Gasteiger partial charge in [-0.2, -0.15) is 0 Å². The van der Waals surface area contributed by atoms with Gasteiger partial charge in [-0.3, -0.25) is 0 Å². The maximum atomic E-state index is 12.0. The number of nitrogens with zero attached hydrogens (tertiary/aromatic N) is 3. The minimum absolute atomic E-state index is 0.0294. The van der Waals surface area contributed by atoms with Crippen LogP contribution in [0.15, 0.2) is 24.3 Å². The van der Waals surface area contributed by atoms with E-state index in [-0.39, 0.29) is 12.1 Å². The average molecular weight is 300 g/mol. The predicted octanol–water partition coefficient (Wildman–Crippen LogP) is 3.13. The first-order valence-corrected chi connectivity index (χ1v) is 7.99. The van der Waals surface area contributed by atoms with Gasteiger partial charge in [0.2, 0.25) is 0 Å². The highest BCUT2D eigenvalue weighted by Crippen LogP contribution is 2.30. The smallest absolute Gasteiger partial charge is 0.317 e. The highest BCUT2D eigenvalue weighted by Gasteiger charge is 2.34. The number of para-hydroxylation sites is 2. The summed E-state index contributed by atoms with van der Waals surface area (Å²) < 4.78 is 2.32. The van der Waals surface area contributed by atoms with Crippen LogP contribution >= 0.6 is 0 Å². The molecule has 118 valence electrons. The van der Waals surface area contributed by atoms with Crippen molar-refractivity contribution in [3.63, 3.8) is 0 Å². The Balaban J connectivity index is 1.83. The first-order chi connectivity index (χ1) is 10.5. The summed E-state index contributed by atoms with van der Waals surface area (Å²) in [5.74, 6) is 1.47. The van der Waals surface area contributed by atoms with Crippen molar-refractivity contribution in [3.05, 3.63) is 30.1 Å². The first kappa shape index (κ1) is 14.9. The highest BCUT2D eigenvalue weighted by molar-refractivity contribution is 5.77. The lowest BCUT2D eigenvalue weighted by molar-refractivity contribution is 0.123. The van der Waals surface area contributed by atoms with Crippen LogP contribution in [0.2, 0.25) is 0 Å². The molecular formula is C17H24N4O. The Morgan fingerprint density at radius 2 is 1.91 bits per heavy atom. The van der Waals surface area contributed by atoms with Crippen molar-refractivity contribution in [2.45, 2.75) is 45.7 Å². The van der Waals surface area contributed by atoms with Gasteiger partial charge in [0.05, 0.1) is 17.1 Å². The Bertz CT molecular complexity index is 683. The van der Waals surface area contributed by atoms with E-state index in [1.165, 1.54) is 5.52 Å². The van der Waals surface area contributed by atoms with Gasteiger partial charge in [0.15, 0.2) is 0 Å². The summed E-state index contributed by atoms with van der Waals surface area (Å²) in [4.78, 5) is 18.7. The normalized spacial score (nSPS) is 15.6. The molecule has 0 unspecified atom stereocenters. The SMILES string of the molecule is CC(C)NC(=O)N1CC(n2c(C(C)C)nc3ccccc32)C1. The van der Waals surface area contributed by atoms with E-state index in [4.69, 9.17) is 4.98 Å². The number of amides is 2. The van der Waals surface area contributed by atoms with Crippen LogP contribution in [0.5, 0.6) is 0 Å². The van der Waals surface area contributed by atoms with Gasteiger partial charge in [-0.15, -0.1) is 0 Å². The number of benzene rings is 1. The maximum Gasteiger partial charge on any atom is 0.317 e. The Hall–Kier alpha value is -2.04. The molecule has 22 heavy (non-hydrogen) atoms. The van der Waals surface area contributed by atoms with Crippen LogP contribution in [0.1, 0.15) is 45.5 Å². The quantitative estimate of drug-likeness (QED) is 0.946. The van der Waals surface area contributed by atoms with Crippen molar-refractivity contribution in [2.24, 2.45) is 0 Å². The molecule has 2 aromatic rings. The number of hydrogen-bond acceptors (Lipinski definition) is 2. The van der Waals surface area contributed by atoms with Crippen LogP contribution in [0, 0.1) is 0 Å². The Labute approximate surface area is 131 Å². The third-order valence-corrected chi connectivity index (χ3v) is 4.07. The van der Waals surface area contributed by atoms with Gasteiger partial charge in [0, 0.05) is 25.0 Å². The summed E-state index contributed by atoms with van der Waals surface area (Å²) in [6.45, 7) is 9.79. The molecule has 5 nitrogen and oxygen atoms in total. The minimum atomic E-state index is 0.0294. The topological polar surface area (TPSA) is 50.2 Å². The van der Waals surface area contributed by atoms with Gasteiger partial charge in [0.1, 0.15) is 5.82 Å². The molecule has 3 rings (SSSR count). The number of imidazole rings is 1. The number of nitrogens with one attached hydrogen (secondary N) is 1. The zero-order valence-electron chi connectivity index (χ0n) is 13.7. The summed E-state index contributed by atoms with van der Waals surface area (Å²) in [7, 11) is 0. The number of hydrogen-bond donors (Lipinski definition) is 1. The second-order valence-corrected chi connectivity index (χ2v) is 6.65. The van der Waals surface area contributed by atoms with Crippen molar-refractivity contribution in [1.29, 1.82) is 0 Å². The Morgan fingerprint density at radius 3 is 2.55 bits per heavy atom. The number of urea groups is 1. The summed E-state index contributed by atoms with van der Waals surface area (Å²) in [6.07, 6.45) is 0. The molecule has 1 aromatic heterocycles. The molecule has 0 spiro atoms. The first-order valence-electron chi connectivity index (χ1n) is 7.99. The van der Waals surface area contributed by atoms with Crippen molar-refractivity contribution in [2.75, 3.05) is 13.1 Å². The standard InChI is InChI=1S/C17H24N4O/c1-11(2)16-19-14-7-5-6-8-15(14)21(16)13-9-20(10-13)17(22)18-12(3)4/h5-8,11-13H,9-10H2,1-4H3,(H,18,22). The number of carbonyl (C=O) groups is 1. The zero-order valence-corrected chi connectivity index (χ0v) is 13.7. The third-order valence-electron chi connectivity index (χ3n) is 4.07. The fourth-order valence-corrected chi connectivity index (χ4v) is 2.98. The summed E-state index contributed by atoms with van der Waals surface area (Å²) in [5, 5.41) is 2.95. The summed E-state index contributed by atoms with van der Waals surface area (Å²) in [5.41, 5.74) is 2.20. The van der Waals surface area contributed by atoms with E-state index in [2.05, 4.69) is 35.9 Å². The molecule has 2 heterocycles. The molecular weight excluding hydrogens is 276 g/mol. The maximum absolute atomic E-state index is 12.0. The molecule has 1 aromatic carbocycles. The van der Waals surface area contributed by atoms with E-state index in [1.54, 1.807) is 0 Å². The molecule has 1 fully saturated rings. The molecule has 1 aliphatic rings. The van der Waals surface area contributed by atoms with Crippen LogP contribution < -0.4 is 5.32 Å². The Morgan fingerprint density at radius 1 is 1.23 bits per heavy atom. The Kier molecular flexibility index (Phi) is 3.81. The fourth-order valence-electron chi connectivity index (χ4n) is 2.98. The third kappa shape index (κ3) is 2.56. The van der Waals surface area contributed by atoms with Gasteiger partial charge < -0.3 is 14.8 Å². The van der Waals surface area contributed by atoms with Gasteiger partial charge in [-0.05, 0) is 26.0 Å². The molecule has 0 radical (unpaired) electrons. The lowest BCUT2D eigenvalue weighted by Gasteiger charge is -2.41. The average Bonchev–Trinajstić information content (AvgIpc) is 2.76. The van der Waals surface area contributed by atoms with E-state index in [1.807, 2.05) is 30.9 Å². The molecule has 5 heteroatoms. The van der Waals surface area contributed by atoms with E-state index in [9.17, 15) is 4.79 Å². The molecule has 0 bridgehead atoms. The molecule has 1 N–H and O–H groups in total. The lowest BCUT2D eigenvalue weighted by atomic mass is 10.1. The molecule has 1 aliphatic heterocycles. The predicted molar refractivity (Wildman–Crippen MR) is 88.1 cm³/mol. The van der Waals surface area contributed by atoms with Crippen molar-refractivity contribution < 1.29 is 4.79 Å². The highest BCUT2D eigenvalue weighted by atomic mass is 16.2. The molecule has 2 amide bonds. The minimum Gasteiger partial charge on any atom is -0.336 e. The van der Waals surface area contributed by atoms with Crippen LogP contribution in [0.25, 0.3) is 11.0 Å². The van der Waals surface area contributed by atoms with Crippen LogP contribution in [-0.4, -0.2) is 39.6 Å². The van der Waals surface area contributed by atoms with E-state index >= 15 is 0 Å². The summed E-state index contributed by atoms with van der Waals surface area (Å²) >= 11 is 0. The van der Waals surface area contributed by atoms with Crippen molar-refractivity contribution in [1.82, 2.24) is 19.8 Å². The number of likely N-dealkylation sites (tertiary alicyclic amines) is 1. The number of fused-ring (bicyclic) bond motifs is 1. The zero-order chi connectivity index (χ0) is 15.9. The molecule has 0 saturated carbocycles. The van der Waals surface area contributed by atoms with E-state index in [0.717, 1.165) is 24.4 Å². The largest absolute Gasteiger partial charge is 0.336 e. The molecule has 0 atom stereocenters. The van der Waals surface area contributed by atoms with E-state index < -0.39 is 0 Å². The van der Waals surface area contributed by atoms with Crippen LogP contribution in [0.3, 0.4) is 0 Å². The van der Waals surface area contributed by atoms with Crippen molar-refractivity contribution >= 4 is 17.1 Å². The van der Waals surface area contributed by atoms with Crippen LogP contribution in [-0.2, 0) is 0 Å².